The third-order valence-electron chi connectivity index (χ3n) is 5.85. The summed E-state index contributed by atoms with van der Waals surface area (Å²) in [5.74, 6) is -0.902. The van der Waals surface area contributed by atoms with Crippen LogP contribution in [0.25, 0.3) is 11.3 Å². The van der Waals surface area contributed by atoms with Crippen LogP contribution in [0, 0.1) is 0 Å². The van der Waals surface area contributed by atoms with Crippen molar-refractivity contribution >= 4 is 23.4 Å². The van der Waals surface area contributed by atoms with Crippen molar-refractivity contribution < 1.29 is 19.2 Å². The Morgan fingerprint density at radius 1 is 1.06 bits per heavy atom. The predicted molar refractivity (Wildman–Crippen MR) is 121 cm³/mol. The van der Waals surface area contributed by atoms with Gasteiger partial charge in [-0.3, -0.25) is 35.0 Å². The summed E-state index contributed by atoms with van der Waals surface area (Å²) in [5.41, 5.74) is 7.81. The van der Waals surface area contributed by atoms with Gasteiger partial charge in [0.15, 0.2) is 0 Å². The summed E-state index contributed by atoms with van der Waals surface area (Å²) < 4.78 is 0. The number of hydrogen-bond donors (Lipinski definition) is 2. The zero-order chi connectivity index (χ0) is 22.8. The van der Waals surface area contributed by atoms with Crippen molar-refractivity contribution in [2.24, 2.45) is 0 Å². The highest BCUT2D eigenvalue weighted by Crippen LogP contribution is 2.28. The minimum Gasteiger partial charge on any atom is -0.322 e. The van der Waals surface area contributed by atoms with Crippen molar-refractivity contribution in [2.75, 3.05) is 5.48 Å². The van der Waals surface area contributed by atoms with Crippen molar-refractivity contribution in [3.63, 3.8) is 0 Å². The number of benzene rings is 2. The van der Waals surface area contributed by atoms with Gasteiger partial charge >= 0.3 is 0 Å². The maximum Gasteiger partial charge on any atom is 0.255 e. The van der Waals surface area contributed by atoms with E-state index in [4.69, 9.17) is 4.84 Å². The minimum atomic E-state index is -0.616. The summed E-state index contributed by atoms with van der Waals surface area (Å²) in [5, 5.41) is 2.32. The minimum absolute atomic E-state index is 0.198. The average Bonchev–Trinajstić information content (AvgIpc) is 3.15. The van der Waals surface area contributed by atoms with Crippen LogP contribution < -0.4 is 10.8 Å². The molecule has 2 N–H and O–H groups in total. The molecule has 0 spiro atoms. The fraction of sp³-hybridized carbons (Fsp3) is 0.200. The van der Waals surface area contributed by atoms with Gasteiger partial charge < -0.3 is 4.90 Å². The summed E-state index contributed by atoms with van der Waals surface area (Å²) in [6.07, 6.45) is 2.30. The van der Waals surface area contributed by atoms with Gasteiger partial charge in [-0.25, -0.2) is 0 Å². The summed E-state index contributed by atoms with van der Waals surface area (Å²) in [6, 6.07) is 18.6. The maximum atomic E-state index is 12.9. The van der Waals surface area contributed by atoms with Crippen LogP contribution in [0.2, 0.25) is 0 Å². The van der Waals surface area contributed by atoms with E-state index in [9.17, 15) is 14.4 Å². The lowest BCUT2D eigenvalue weighted by Crippen LogP contribution is -2.52. The average molecular weight is 442 g/mol. The monoisotopic (exact) mass is 442 g/mol. The number of amides is 3. The first-order valence-electron chi connectivity index (χ1n) is 10.7. The molecule has 8 heteroatoms. The summed E-state index contributed by atoms with van der Waals surface area (Å²) in [4.78, 5) is 48.1. The van der Waals surface area contributed by atoms with Gasteiger partial charge in [0.05, 0.1) is 18.0 Å². The molecule has 1 fully saturated rings. The zero-order valence-corrected chi connectivity index (χ0v) is 17.8. The number of piperidine rings is 1. The van der Waals surface area contributed by atoms with E-state index < -0.39 is 11.9 Å². The molecule has 3 heterocycles. The van der Waals surface area contributed by atoms with Crippen molar-refractivity contribution in [3.8, 4) is 11.3 Å². The lowest BCUT2D eigenvalue weighted by Gasteiger charge is -2.29. The number of fused-ring (bicyclic) bond motifs is 1. The molecule has 5 rings (SSSR count). The van der Waals surface area contributed by atoms with Gasteiger partial charge in [-0.05, 0) is 35.7 Å². The second kappa shape index (κ2) is 8.84. The van der Waals surface area contributed by atoms with Crippen molar-refractivity contribution in [2.45, 2.75) is 32.0 Å². The van der Waals surface area contributed by atoms with Crippen molar-refractivity contribution in [1.29, 1.82) is 0 Å². The number of carbonyl (C=O) groups is 3. The van der Waals surface area contributed by atoms with Crippen LogP contribution in [0.5, 0.6) is 0 Å². The quantitative estimate of drug-likeness (QED) is 0.450. The normalized spacial score (nSPS) is 17.6. The number of aromatic nitrogens is 1. The molecule has 0 saturated carbocycles. The highest BCUT2D eigenvalue weighted by molar-refractivity contribution is 6.05. The van der Waals surface area contributed by atoms with E-state index >= 15 is 0 Å². The molecule has 3 aromatic rings. The second-order valence-electron chi connectivity index (χ2n) is 8.08. The van der Waals surface area contributed by atoms with Crippen molar-refractivity contribution in [1.82, 2.24) is 15.2 Å². The number of pyridine rings is 1. The molecule has 3 amide bonds. The topological polar surface area (TPSA) is 101 Å². The Morgan fingerprint density at radius 3 is 2.73 bits per heavy atom. The van der Waals surface area contributed by atoms with Gasteiger partial charge in [-0.2, -0.15) is 0 Å². The van der Waals surface area contributed by atoms with Gasteiger partial charge in [-0.15, -0.1) is 0 Å². The number of imide groups is 1. The van der Waals surface area contributed by atoms with Crippen LogP contribution >= 0.6 is 0 Å². The smallest absolute Gasteiger partial charge is 0.255 e. The fourth-order valence-electron chi connectivity index (χ4n) is 4.16. The van der Waals surface area contributed by atoms with Gasteiger partial charge in [0.1, 0.15) is 6.04 Å². The number of nitrogens with zero attached hydrogens (tertiary/aromatic N) is 2. The predicted octanol–water partition coefficient (Wildman–Crippen LogP) is 3.05. The highest BCUT2D eigenvalue weighted by Gasteiger charge is 2.39. The third-order valence-corrected chi connectivity index (χ3v) is 5.85. The SMILES string of the molecule is O=C1CCC(N2Cc3ccc(CONc4ccnc(-c5ccccc5)c4)cc3C2=O)C(=O)N1. The molecule has 2 aromatic carbocycles. The van der Waals surface area contributed by atoms with E-state index in [0.717, 1.165) is 28.1 Å². The standard InChI is InChI=1S/C25H22N4O4/c30-23-9-8-22(24(31)27-23)29-14-18-7-6-16(12-20(18)25(29)32)15-33-28-19-10-11-26-21(13-19)17-4-2-1-3-5-17/h1-7,10-13,22H,8-9,14-15H2,(H,26,28)(H,27,30,31). The Labute approximate surface area is 190 Å². The molecule has 0 radical (unpaired) electrons. The third kappa shape index (κ3) is 4.33. The highest BCUT2D eigenvalue weighted by atomic mass is 16.6. The van der Waals surface area contributed by atoms with Gasteiger partial charge in [0.25, 0.3) is 5.91 Å². The van der Waals surface area contributed by atoms with E-state index in [1.165, 1.54) is 4.90 Å². The van der Waals surface area contributed by atoms with Crippen LogP contribution in [0.3, 0.4) is 0 Å². The number of hydrogen-bond acceptors (Lipinski definition) is 6. The Morgan fingerprint density at radius 2 is 1.91 bits per heavy atom. The first-order valence-corrected chi connectivity index (χ1v) is 10.7. The van der Waals surface area contributed by atoms with E-state index in [1.807, 2.05) is 54.6 Å². The number of nitrogens with one attached hydrogen (secondary N) is 2. The molecule has 1 atom stereocenters. The lowest BCUT2D eigenvalue weighted by atomic mass is 10.0. The van der Waals surface area contributed by atoms with E-state index in [1.54, 1.807) is 12.3 Å². The summed E-state index contributed by atoms with van der Waals surface area (Å²) in [6.45, 7) is 0.612. The lowest BCUT2D eigenvalue weighted by molar-refractivity contribution is -0.136. The maximum absolute atomic E-state index is 12.9. The van der Waals surface area contributed by atoms with E-state index in [-0.39, 0.29) is 24.8 Å². The molecule has 0 aliphatic carbocycles. The molecule has 1 unspecified atom stereocenters. The molecule has 1 aromatic heterocycles. The van der Waals surface area contributed by atoms with Crippen LogP contribution in [0.1, 0.15) is 34.3 Å². The molecule has 8 nitrogen and oxygen atoms in total. The van der Waals surface area contributed by atoms with Crippen molar-refractivity contribution in [3.05, 3.63) is 83.6 Å². The molecular weight excluding hydrogens is 420 g/mol. The number of rotatable bonds is 6. The van der Waals surface area contributed by atoms with Gasteiger partial charge in [-0.1, -0.05) is 42.5 Å². The molecule has 2 aliphatic heterocycles. The van der Waals surface area contributed by atoms with Gasteiger partial charge in [0, 0.05) is 30.3 Å². The van der Waals surface area contributed by atoms with Crippen LogP contribution in [-0.2, 0) is 27.6 Å². The van der Waals surface area contributed by atoms with E-state index in [0.29, 0.717) is 18.5 Å². The fourth-order valence-corrected chi connectivity index (χ4v) is 4.16. The van der Waals surface area contributed by atoms with Gasteiger partial charge in [0.2, 0.25) is 11.8 Å². The molecule has 0 bridgehead atoms. The zero-order valence-electron chi connectivity index (χ0n) is 17.8. The largest absolute Gasteiger partial charge is 0.322 e. The van der Waals surface area contributed by atoms with E-state index in [2.05, 4.69) is 15.8 Å². The Hall–Kier alpha value is -4.04. The second-order valence-corrected chi connectivity index (χ2v) is 8.08. The number of anilines is 1. The molecule has 1 saturated heterocycles. The molecule has 33 heavy (non-hydrogen) atoms. The van der Waals surface area contributed by atoms with Crippen LogP contribution in [0.15, 0.2) is 66.9 Å². The first-order chi connectivity index (χ1) is 16.1. The van der Waals surface area contributed by atoms with Crippen LogP contribution in [0.4, 0.5) is 5.69 Å². The molecule has 2 aliphatic rings. The first kappa shape index (κ1) is 20.8. The Balaban J connectivity index is 1.22. The van der Waals surface area contributed by atoms with Crippen LogP contribution in [-0.4, -0.2) is 33.6 Å². The summed E-state index contributed by atoms with van der Waals surface area (Å²) >= 11 is 0. The molecule has 166 valence electrons. The Bertz CT molecular complexity index is 1230. The number of carbonyl (C=O) groups excluding carboxylic acids is 3. The molecular formula is C25H22N4O4. The summed E-state index contributed by atoms with van der Waals surface area (Å²) in [7, 11) is 0. The Kier molecular flexibility index (Phi) is 5.58.